The summed E-state index contributed by atoms with van der Waals surface area (Å²) in [6.07, 6.45) is 8.31. The van der Waals surface area contributed by atoms with Crippen LogP contribution < -0.4 is 5.73 Å². The van der Waals surface area contributed by atoms with Gasteiger partial charge in [-0.3, -0.25) is 4.79 Å². The maximum atomic E-state index is 12.3. The van der Waals surface area contributed by atoms with Gasteiger partial charge in [-0.2, -0.15) is 0 Å². The summed E-state index contributed by atoms with van der Waals surface area (Å²) < 4.78 is 0. The number of hydrogen-bond acceptors (Lipinski definition) is 2. The summed E-state index contributed by atoms with van der Waals surface area (Å²) >= 11 is 0. The van der Waals surface area contributed by atoms with Crippen LogP contribution in [-0.4, -0.2) is 29.4 Å². The van der Waals surface area contributed by atoms with Crippen LogP contribution in [0.5, 0.6) is 0 Å². The maximum Gasteiger partial charge on any atom is 0.222 e. The van der Waals surface area contributed by atoms with Crippen molar-refractivity contribution in [3.05, 3.63) is 35.4 Å². The highest BCUT2D eigenvalue weighted by atomic mass is 16.2. The average Bonchev–Trinajstić information content (AvgIpc) is 3.24. The van der Waals surface area contributed by atoms with E-state index >= 15 is 0 Å². The first-order valence-electron chi connectivity index (χ1n) is 8.30. The van der Waals surface area contributed by atoms with Gasteiger partial charge in [-0.1, -0.05) is 24.3 Å². The van der Waals surface area contributed by atoms with Crippen molar-refractivity contribution in [1.29, 1.82) is 0 Å². The molecule has 3 rings (SSSR count). The number of carbonyl (C=O) groups excluding carboxylic acids is 1. The van der Waals surface area contributed by atoms with Gasteiger partial charge < -0.3 is 10.6 Å². The molecule has 1 aromatic rings. The van der Waals surface area contributed by atoms with E-state index < -0.39 is 0 Å². The lowest BCUT2D eigenvalue weighted by Crippen LogP contribution is -2.35. The third-order valence-corrected chi connectivity index (χ3v) is 4.87. The largest absolute Gasteiger partial charge is 0.343 e. The molecule has 1 aromatic carbocycles. The molecule has 0 spiro atoms. The van der Waals surface area contributed by atoms with Crippen LogP contribution >= 0.6 is 0 Å². The average molecular weight is 286 g/mol. The summed E-state index contributed by atoms with van der Waals surface area (Å²) in [6.45, 7) is 1.90. The van der Waals surface area contributed by atoms with Crippen molar-refractivity contribution < 1.29 is 4.79 Å². The molecule has 114 valence electrons. The lowest BCUT2D eigenvalue weighted by Gasteiger charge is -2.27. The maximum absolute atomic E-state index is 12.3. The zero-order chi connectivity index (χ0) is 14.7. The Morgan fingerprint density at radius 1 is 1.10 bits per heavy atom. The molecule has 0 bridgehead atoms. The van der Waals surface area contributed by atoms with Gasteiger partial charge in [0.1, 0.15) is 0 Å². The van der Waals surface area contributed by atoms with Crippen LogP contribution in [0.2, 0.25) is 0 Å². The summed E-state index contributed by atoms with van der Waals surface area (Å²) in [7, 11) is 0. The molecular formula is C18H26N2O. The zero-order valence-corrected chi connectivity index (χ0v) is 12.8. The number of rotatable bonds is 5. The number of carbonyl (C=O) groups is 1. The molecule has 2 N–H and O–H groups in total. The first-order chi connectivity index (χ1) is 10.2. The molecule has 1 aliphatic heterocycles. The Bertz CT molecular complexity index is 502. The predicted molar refractivity (Wildman–Crippen MR) is 85.1 cm³/mol. The molecule has 1 saturated heterocycles. The van der Waals surface area contributed by atoms with E-state index in [2.05, 4.69) is 24.3 Å². The van der Waals surface area contributed by atoms with Gasteiger partial charge in [0, 0.05) is 25.0 Å². The SMILES string of the molecule is NC1(Cc2ccccc2CCC(=O)N2CCCCC2)CC1. The van der Waals surface area contributed by atoms with Crippen molar-refractivity contribution in [3.63, 3.8) is 0 Å². The summed E-state index contributed by atoms with van der Waals surface area (Å²) in [4.78, 5) is 14.3. The molecule has 0 radical (unpaired) electrons. The van der Waals surface area contributed by atoms with Gasteiger partial charge in [0.15, 0.2) is 0 Å². The topological polar surface area (TPSA) is 46.3 Å². The highest BCUT2D eigenvalue weighted by Gasteiger charge is 2.38. The lowest BCUT2D eigenvalue weighted by molar-refractivity contribution is -0.132. The summed E-state index contributed by atoms with van der Waals surface area (Å²) in [5.41, 5.74) is 8.92. The Morgan fingerprint density at radius 3 is 2.43 bits per heavy atom. The van der Waals surface area contributed by atoms with Crippen molar-refractivity contribution in [1.82, 2.24) is 4.90 Å². The highest BCUT2D eigenvalue weighted by Crippen LogP contribution is 2.36. The van der Waals surface area contributed by atoms with E-state index in [0.717, 1.165) is 51.6 Å². The summed E-state index contributed by atoms with van der Waals surface area (Å²) in [5, 5.41) is 0. The first kappa shape index (κ1) is 14.6. The second-order valence-corrected chi connectivity index (χ2v) is 6.75. The fourth-order valence-electron chi connectivity index (χ4n) is 3.23. The van der Waals surface area contributed by atoms with Crippen LogP contribution in [0.1, 0.15) is 49.7 Å². The van der Waals surface area contributed by atoms with Crippen molar-refractivity contribution in [3.8, 4) is 0 Å². The molecular weight excluding hydrogens is 260 g/mol. The van der Waals surface area contributed by atoms with Crippen molar-refractivity contribution in [2.24, 2.45) is 5.73 Å². The fraction of sp³-hybridized carbons (Fsp3) is 0.611. The predicted octanol–water partition coefficient (Wildman–Crippen LogP) is 2.67. The molecule has 1 aliphatic carbocycles. The van der Waals surface area contributed by atoms with Crippen molar-refractivity contribution >= 4 is 5.91 Å². The molecule has 0 unspecified atom stereocenters. The molecule has 3 nitrogen and oxygen atoms in total. The molecule has 0 aromatic heterocycles. The van der Waals surface area contributed by atoms with Gasteiger partial charge >= 0.3 is 0 Å². The second-order valence-electron chi connectivity index (χ2n) is 6.75. The normalized spacial score (nSPS) is 20.3. The van der Waals surface area contributed by atoms with E-state index in [1.54, 1.807) is 0 Å². The molecule has 1 saturated carbocycles. The van der Waals surface area contributed by atoms with Crippen LogP contribution in [0.3, 0.4) is 0 Å². The van der Waals surface area contributed by atoms with Crippen molar-refractivity contribution in [2.45, 2.75) is 56.9 Å². The van der Waals surface area contributed by atoms with Crippen LogP contribution in [0.15, 0.2) is 24.3 Å². The Balaban J connectivity index is 1.58. The molecule has 1 amide bonds. The van der Waals surface area contributed by atoms with Gasteiger partial charge in [-0.05, 0) is 56.1 Å². The minimum atomic E-state index is 0.0347. The number of amides is 1. The second kappa shape index (κ2) is 6.18. The van der Waals surface area contributed by atoms with E-state index in [1.165, 1.54) is 17.5 Å². The summed E-state index contributed by atoms with van der Waals surface area (Å²) in [5.74, 6) is 0.318. The van der Waals surface area contributed by atoms with Gasteiger partial charge in [0.05, 0.1) is 0 Å². The van der Waals surface area contributed by atoms with Crippen LogP contribution in [0.4, 0.5) is 0 Å². The molecule has 0 atom stereocenters. The van der Waals surface area contributed by atoms with E-state index in [0.29, 0.717) is 12.3 Å². The van der Waals surface area contributed by atoms with E-state index in [-0.39, 0.29) is 5.54 Å². The Kier molecular flexibility index (Phi) is 4.29. The van der Waals surface area contributed by atoms with Gasteiger partial charge in [0.25, 0.3) is 0 Å². The minimum absolute atomic E-state index is 0.0347. The number of piperidine rings is 1. The summed E-state index contributed by atoms with van der Waals surface area (Å²) in [6, 6.07) is 8.48. The third-order valence-electron chi connectivity index (χ3n) is 4.87. The Labute approximate surface area is 127 Å². The van der Waals surface area contributed by atoms with Crippen molar-refractivity contribution in [2.75, 3.05) is 13.1 Å². The van der Waals surface area contributed by atoms with Gasteiger partial charge in [-0.15, -0.1) is 0 Å². The van der Waals surface area contributed by atoms with Gasteiger partial charge in [-0.25, -0.2) is 0 Å². The monoisotopic (exact) mass is 286 g/mol. The minimum Gasteiger partial charge on any atom is -0.343 e. The number of nitrogens with two attached hydrogens (primary N) is 1. The fourth-order valence-corrected chi connectivity index (χ4v) is 3.23. The zero-order valence-electron chi connectivity index (χ0n) is 12.8. The molecule has 2 fully saturated rings. The molecule has 2 aliphatic rings. The smallest absolute Gasteiger partial charge is 0.222 e. The third kappa shape index (κ3) is 3.85. The Morgan fingerprint density at radius 2 is 1.76 bits per heavy atom. The first-order valence-corrected chi connectivity index (χ1v) is 8.30. The van der Waals surface area contributed by atoms with Gasteiger partial charge in [0.2, 0.25) is 5.91 Å². The van der Waals surface area contributed by atoms with Crippen LogP contribution in [-0.2, 0) is 17.6 Å². The van der Waals surface area contributed by atoms with Crippen LogP contribution in [0, 0.1) is 0 Å². The molecule has 1 heterocycles. The van der Waals surface area contributed by atoms with Crippen LogP contribution in [0.25, 0.3) is 0 Å². The lowest BCUT2D eigenvalue weighted by atomic mass is 9.96. The Hall–Kier alpha value is -1.35. The number of nitrogens with zero attached hydrogens (tertiary/aromatic N) is 1. The number of hydrogen-bond donors (Lipinski definition) is 1. The number of benzene rings is 1. The quantitative estimate of drug-likeness (QED) is 0.904. The van der Waals surface area contributed by atoms with E-state index in [1.807, 2.05) is 4.90 Å². The number of aryl methyl sites for hydroxylation is 1. The standard InChI is InChI=1S/C18H26N2O/c19-18(10-11-18)14-16-7-3-2-6-15(16)8-9-17(21)20-12-4-1-5-13-20/h2-3,6-7H,1,4-5,8-14,19H2. The molecule has 21 heavy (non-hydrogen) atoms. The van der Waals surface area contributed by atoms with E-state index in [9.17, 15) is 4.79 Å². The number of likely N-dealkylation sites (tertiary alicyclic amines) is 1. The highest BCUT2D eigenvalue weighted by molar-refractivity contribution is 5.76. The molecule has 3 heteroatoms. The van der Waals surface area contributed by atoms with E-state index in [4.69, 9.17) is 5.73 Å².